The normalized spacial score (nSPS) is 12.4. The molecule has 2 aromatic carbocycles. The maximum atomic E-state index is 13.7. The molecule has 0 spiro atoms. The van der Waals surface area contributed by atoms with E-state index in [1.807, 2.05) is 67.1 Å². The number of anilines is 1. The summed E-state index contributed by atoms with van der Waals surface area (Å²) in [4.78, 5) is 39.7. The summed E-state index contributed by atoms with van der Waals surface area (Å²) in [7, 11) is 0. The molecule has 0 saturated heterocycles. The molecule has 2 N–H and O–H groups in total. The number of carbonyl (C=O) groups excluding carboxylic acids is 3. The van der Waals surface area contributed by atoms with Crippen molar-refractivity contribution in [2.75, 3.05) is 31.2 Å². The van der Waals surface area contributed by atoms with Crippen molar-refractivity contribution < 1.29 is 19.1 Å². The second kappa shape index (κ2) is 14.8. The van der Waals surface area contributed by atoms with Gasteiger partial charge in [0.25, 0.3) is 0 Å². The van der Waals surface area contributed by atoms with E-state index in [2.05, 4.69) is 34.8 Å². The number of fused-ring (bicyclic) bond motifs is 5. The van der Waals surface area contributed by atoms with Crippen molar-refractivity contribution in [2.45, 2.75) is 66.1 Å². The number of amides is 2. The largest absolute Gasteiger partial charge is 0.379 e. The number of nitrogens with zero attached hydrogens (tertiary/aromatic N) is 4. The highest BCUT2D eigenvalue weighted by atomic mass is 16.5. The zero-order valence-corrected chi connectivity index (χ0v) is 25.1. The Kier molecular flexibility index (Phi) is 11.0. The van der Waals surface area contributed by atoms with Crippen LogP contribution >= 0.6 is 0 Å². The van der Waals surface area contributed by atoms with Crippen molar-refractivity contribution in [1.82, 2.24) is 25.6 Å². The maximum absolute atomic E-state index is 13.7. The second-order valence-electron chi connectivity index (χ2n) is 11.1. The van der Waals surface area contributed by atoms with Gasteiger partial charge in [0, 0.05) is 55.4 Å². The van der Waals surface area contributed by atoms with Crippen LogP contribution in [0.15, 0.2) is 48.5 Å². The van der Waals surface area contributed by atoms with Crippen molar-refractivity contribution >= 4 is 23.3 Å². The Balaban J connectivity index is 1.46. The average Bonchev–Trinajstić information content (AvgIpc) is 3.38. The number of hydrogen-bond donors (Lipinski definition) is 2. The van der Waals surface area contributed by atoms with Gasteiger partial charge < -0.3 is 20.3 Å². The van der Waals surface area contributed by atoms with Crippen LogP contribution in [0.3, 0.4) is 0 Å². The molecule has 0 bridgehead atoms. The fraction of sp³-hybridized carbons (Fsp3) is 0.469. The van der Waals surface area contributed by atoms with Gasteiger partial charge in [0.1, 0.15) is 11.5 Å². The first-order valence-corrected chi connectivity index (χ1v) is 14.8. The quantitative estimate of drug-likeness (QED) is 0.280. The van der Waals surface area contributed by atoms with Crippen LogP contribution in [0.4, 0.5) is 5.69 Å². The Morgan fingerprint density at radius 3 is 2.40 bits per heavy atom. The molecule has 1 aliphatic heterocycles. The number of hydrogen-bond acceptors (Lipinski definition) is 7. The van der Waals surface area contributed by atoms with Gasteiger partial charge in [-0.15, -0.1) is 5.10 Å². The van der Waals surface area contributed by atoms with Gasteiger partial charge in [-0.2, -0.15) is 0 Å². The number of ketones is 1. The number of para-hydroxylation sites is 1. The summed E-state index contributed by atoms with van der Waals surface area (Å²) in [6.45, 7) is 10.6. The van der Waals surface area contributed by atoms with Gasteiger partial charge in [-0.3, -0.25) is 14.4 Å². The number of nitrogens with one attached hydrogen (secondary N) is 2. The monoisotopic (exact) mass is 574 g/mol. The van der Waals surface area contributed by atoms with E-state index >= 15 is 0 Å². The Hall–Kier alpha value is -3.89. The smallest absolute Gasteiger partial charge is 0.227 e. The first-order chi connectivity index (χ1) is 20.3. The highest BCUT2D eigenvalue weighted by molar-refractivity contribution is 6.01. The third-order valence-corrected chi connectivity index (χ3v) is 7.23. The molecule has 10 heteroatoms. The van der Waals surface area contributed by atoms with Crippen molar-refractivity contribution in [1.29, 1.82) is 0 Å². The van der Waals surface area contributed by atoms with E-state index in [0.717, 1.165) is 40.3 Å². The summed E-state index contributed by atoms with van der Waals surface area (Å²) in [6, 6.07) is 16.1. The molecule has 0 unspecified atom stereocenters. The summed E-state index contributed by atoms with van der Waals surface area (Å²) < 4.78 is 7.37. The Labute approximate surface area is 247 Å². The van der Waals surface area contributed by atoms with Gasteiger partial charge in [0.05, 0.1) is 37.7 Å². The maximum Gasteiger partial charge on any atom is 0.227 e. The minimum atomic E-state index is -0.215. The first kappa shape index (κ1) is 31.1. The molecule has 4 rings (SSSR count). The van der Waals surface area contributed by atoms with E-state index in [-0.39, 0.29) is 36.4 Å². The van der Waals surface area contributed by atoms with Crippen LogP contribution in [0.2, 0.25) is 0 Å². The highest BCUT2D eigenvalue weighted by Gasteiger charge is 2.29. The lowest BCUT2D eigenvalue weighted by atomic mass is 9.95. The summed E-state index contributed by atoms with van der Waals surface area (Å²) >= 11 is 0. The number of carbonyl (C=O) groups is 3. The SMILES string of the molecule is CC(C)NCCn1nnc2c1-c1ccccc1N(C(=O)CCC(=O)NCCOCCC(=O)C(C)C)Cc1ccccc1-2. The van der Waals surface area contributed by atoms with Crippen molar-refractivity contribution in [2.24, 2.45) is 5.92 Å². The number of ether oxygens (including phenoxy) is 1. The van der Waals surface area contributed by atoms with Gasteiger partial charge in [-0.05, 0) is 11.6 Å². The zero-order chi connectivity index (χ0) is 30.1. The van der Waals surface area contributed by atoms with E-state index < -0.39 is 0 Å². The molecule has 0 atom stereocenters. The van der Waals surface area contributed by atoms with Crippen LogP contribution in [0.5, 0.6) is 0 Å². The minimum absolute atomic E-state index is 0.00671. The topological polar surface area (TPSA) is 118 Å². The summed E-state index contributed by atoms with van der Waals surface area (Å²) in [6.07, 6.45) is 0.499. The van der Waals surface area contributed by atoms with Gasteiger partial charge in [0.15, 0.2) is 0 Å². The number of aromatic nitrogens is 3. The molecule has 0 saturated carbocycles. The molecular formula is C32H42N6O4. The zero-order valence-electron chi connectivity index (χ0n) is 25.1. The lowest BCUT2D eigenvalue weighted by Gasteiger charge is -2.29. The lowest BCUT2D eigenvalue weighted by molar-refractivity contribution is -0.125. The third kappa shape index (κ3) is 7.89. The molecule has 1 aromatic heterocycles. The van der Waals surface area contributed by atoms with Gasteiger partial charge in [-0.1, -0.05) is 75.4 Å². The Morgan fingerprint density at radius 2 is 1.64 bits per heavy atom. The molecule has 224 valence electrons. The number of Topliss-reactive ketones (excluding diaryl/α,β-unsaturated/α-hetero) is 1. The van der Waals surface area contributed by atoms with E-state index in [1.165, 1.54) is 0 Å². The molecule has 0 aliphatic carbocycles. The molecule has 3 aromatic rings. The molecule has 1 aliphatic rings. The fourth-order valence-electron chi connectivity index (χ4n) is 4.92. The van der Waals surface area contributed by atoms with Gasteiger partial charge >= 0.3 is 0 Å². The van der Waals surface area contributed by atoms with E-state index in [0.29, 0.717) is 45.3 Å². The molecule has 0 radical (unpaired) electrons. The number of rotatable bonds is 14. The summed E-state index contributed by atoms with van der Waals surface area (Å²) in [5.41, 5.74) is 5.21. The van der Waals surface area contributed by atoms with Crippen LogP contribution in [0.25, 0.3) is 22.5 Å². The predicted octanol–water partition coefficient (Wildman–Crippen LogP) is 3.98. The van der Waals surface area contributed by atoms with Crippen molar-refractivity contribution in [3.63, 3.8) is 0 Å². The molecule has 42 heavy (non-hydrogen) atoms. The van der Waals surface area contributed by atoms with Crippen LogP contribution < -0.4 is 15.5 Å². The van der Waals surface area contributed by atoms with Gasteiger partial charge in [0.2, 0.25) is 11.8 Å². The third-order valence-electron chi connectivity index (χ3n) is 7.23. The molecular weight excluding hydrogens is 532 g/mol. The predicted molar refractivity (Wildman–Crippen MR) is 163 cm³/mol. The van der Waals surface area contributed by atoms with Crippen molar-refractivity contribution in [3.8, 4) is 22.5 Å². The summed E-state index contributed by atoms with van der Waals surface area (Å²) in [5.74, 6) is -0.202. The number of benzene rings is 2. The Morgan fingerprint density at radius 1 is 0.905 bits per heavy atom. The minimum Gasteiger partial charge on any atom is -0.379 e. The van der Waals surface area contributed by atoms with Crippen LogP contribution in [-0.2, 0) is 32.2 Å². The molecule has 0 fully saturated rings. The highest BCUT2D eigenvalue weighted by Crippen LogP contribution is 2.41. The molecule has 2 amide bonds. The van der Waals surface area contributed by atoms with E-state index in [4.69, 9.17) is 4.74 Å². The van der Waals surface area contributed by atoms with Gasteiger partial charge in [-0.25, -0.2) is 4.68 Å². The van der Waals surface area contributed by atoms with Crippen LogP contribution in [0, 0.1) is 5.92 Å². The van der Waals surface area contributed by atoms with E-state index in [9.17, 15) is 14.4 Å². The fourth-order valence-corrected chi connectivity index (χ4v) is 4.92. The molecule has 10 nitrogen and oxygen atoms in total. The molecule has 2 heterocycles. The Bertz CT molecular complexity index is 1380. The van der Waals surface area contributed by atoms with E-state index in [1.54, 1.807) is 4.90 Å². The summed E-state index contributed by atoms with van der Waals surface area (Å²) in [5, 5.41) is 15.3. The second-order valence-corrected chi connectivity index (χ2v) is 11.1. The lowest BCUT2D eigenvalue weighted by Crippen LogP contribution is -2.34. The first-order valence-electron chi connectivity index (χ1n) is 14.8. The van der Waals surface area contributed by atoms with Crippen molar-refractivity contribution in [3.05, 3.63) is 54.1 Å². The standard InChI is InChI=1S/C32H42N6O4/c1-22(2)28(39)15-19-42-20-17-34-29(40)13-14-30(41)37-21-24-9-5-6-10-25(24)31-32(26-11-7-8-12-27(26)37)38(36-35-31)18-16-33-23(3)4/h5-12,22-23,33H,13-21H2,1-4H3,(H,34,40). The average molecular weight is 575 g/mol. The van der Waals surface area contributed by atoms with Crippen LogP contribution in [0.1, 0.15) is 52.5 Å². The van der Waals surface area contributed by atoms with Crippen LogP contribution in [-0.4, -0.2) is 64.9 Å².